The quantitative estimate of drug-likeness (QED) is 0.585. The van der Waals surface area contributed by atoms with Crippen LogP contribution in [0.25, 0.3) is 0 Å². The van der Waals surface area contributed by atoms with Gasteiger partial charge in [-0.3, -0.25) is 0 Å². The molecule has 0 aromatic rings. The summed E-state index contributed by atoms with van der Waals surface area (Å²) in [5.74, 6) is 0. The third-order valence-electron chi connectivity index (χ3n) is 3.00. The maximum absolute atomic E-state index is 2.35. The number of rotatable bonds is 0. The zero-order valence-electron chi connectivity index (χ0n) is 13.5. The summed E-state index contributed by atoms with van der Waals surface area (Å²) in [5, 5.41) is 1.20. The van der Waals surface area contributed by atoms with Gasteiger partial charge in [-0.2, -0.15) is 0 Å². The fourth-order valence-electron chi connectivity index (χ4n) is 0. The van der Waals surface area contributed by atoms with Crippen molar-refractivity contribution in [2.24, 2.45) is 0 Å². The first kappa shape index (κ1) is 26.2. The molecule has 0 aliphatic carbocycles. The van der Waals surface area contributed by atoms with Gasteiger partial charge < -0.3 is 0 Å². The van der Waals surface area contributed by atoms with Crippen LogP contribution in [0.15, 0.2) is 0 Å². The average molecular weight is 310 g/mol. The second kappa shape index (κ2) is 10.5. The van der Waals surface area contributed by atoms with Crippen molar-refractivity contribution >= 4 is 54.1 Å². The summed E-state index contributed by atoms with van der Waals surface area (Å²) in [7, 11) is -0.100. The van der Waals surface area contributed by atoms with Crippen molar-refractivity contribution in [1.82, 2.24) is 0 Å². The van der Waals surface area contributed by atoms with Crippen LogP contribution in [0.5, 0.6) is 0 Å². The van der Waals surface area contributed by atoms with Crippen molar-refractivity contribution in [1.29, 1.82) is 0 Å². The summed E-state index contributed by atoms with van der Waals surface area (Å²) < 4.78 is 0. The first-order valence-electron chi connectivity index (χ1n) is 5.50. The van der Waals surface area contributed by atoms with Crippen LogP contribution in [-0.4, -0.2) is 54.1 Å². The Morgan fingerprint density at radius 3 is 0.625 bits per heavy atom. The van der Waals surface area contributed by atoms with E-state index in [9.17, 15) is 0 Å². The number of hydrogen-bond donors (Lipinski definition) is 0. The van der Waals surface area contributed by atoms with Crippen LogP contribution < -0.4 is 0 Å². The summed E-state index contributed by atoms with van der Waals surface area (Å²) >= 11 is 0. The Kier molecular flexibility index (Phi) is 17.2. The standard InChI is InChI=1S/2C6H15Si.Ge.Li/c2*1-6(2,3)7(4)5;;/h2*1-5H3;;. The first-order valence-corrected chi connectivity index (χ1v) is 10.5. The van der Waals surface area contributed by atoms with Crippen LogP contribution in [0.1, 0.15) is 41.5 Å². The summed E-state index contributed by atoms with van der Waals surface area (Å²) in [6.07, 6.45) is 0. The Balaban J connectivity index is -0.0000000800. The Morgan fingerprint density at radius 1 is 0.562 bits per heavy atom. The molecule has 0 atom stereocenters. The van der Waals surface area contributed by atoms with Gasteiger partial charge in [0, 0.05) is 54.1 Å². The molecule has 0 heterocycles. The zero-order chi connectivity index (χ0) is 12.2. The molecule has 0 spiro atoms. The molecule has 0 unspecified atom stereocenters. The second-order valence-electron chi connectivity index (χ2n) is 6.50. The van der Waals surface area contributed by atoms with E-state index < -0.39 is 0 Å². The second-order valence-corrected chi connectivity index (χ2v) is 13.5. The molecule has 0 nitrogen and oxygen atoms in total. The van der Waals surface area contributed by atoms with Gasteiger partial charge in [-0.15, -0.1) is 0 Å². The van der Waals surface area contributed by atoms with E-state index in [-0.39, 0.29) is 54.1 Å². The minimum Gasteiger partial charge on any atom is -0.0709 e. The van der Waals surface area contributed by atoms with Gasteiger partial charge in [0.25, 0.3) is 0 Å². The van der Waals surface area contributed by atoms with Crippen LogP contribution >= 0.6 is 0 Å². The van der Waals surface area contributed by atoms with E-state index in [1.54, 1.807) is 0 Å². The van der Waals surface area contributed by atoms with E-state index in [0.717, 1.165) is 0 Å². The SMILES string of the molecule is C[Si](C)C(C)(C)C.C[Si](C)C(C)(C)C.[Ge].[Li]. The van der Waals surface area contributed by atoms with Crippen LogP contribution in [0.2, 0.25) is 36.3 Å². The Hall–Kier alpha value is 1.57. The van der Waals surface area contributed by atoms with Crippen LogP contribution in [0.3, 0.4) is 0 Å². The normalized spacial score (nSPS) is 11.2. The minimum atomic E-state index is -0.0502. The molecule has 16 heavy (non-hydrogen) atoms. The molecule has 0 N–H and O–H groups in total. The average Bonchev–Trinajstić information content (AvgIpc) is 1.83. The summed E-state index contributed by atoms with van der Waals surface area (Å²) in [5.41, 5.74) is 0. The fraction of sp³-hybridized carbons (Fsp3) is 1.00. The van der Waals surface area contributed by atoms with E-state index in [0.29, 0.717) is 10.1 Å². The fourth-order valence-corrected chi connectivity index (χ4v) is 0. The van der Waals surface area contributed by atoms with Crippen molar-refractivity contribution in [2.45, 2.75) is 77.8 Å². The summed E-state index contributed by atoms with van der Waals surface area (Å²) in [6, 6.07) is 0. The Bertz CT molecular complexity index is 128. The summed E-state index contributed by atoms with van der Waals surface area (Å²) in [4.78, 5) is 0. The molecule has 7 radical (unpaired) electrons. The van der Waals surface area contributed by atoms with Crippen LogP contribution in [0, 0.1) is 0 Å². The molecule has 0 amide bonds. The van der Waals surface area contributed by atoms with Gasteiger partial charge in [0.2, 0.25) is 0 Å². The van der Waals surface area contributed by atoms with Gasteiger partial charge in [0.1, 0.15) is 0 Å². The maximum Gasteiger partial charge on any atom is 0.0470 e. The molecular weight excluding hydrogens is 280 g/mol. The molecule has 0 aromatic heterocycles. The molecule has 0 aliphatic heterocycles. The van der Waals surface area contributed by atoms with Crippen molar-refractivity contribution in [3.63, 3.8) is 0 Å². The van der Waals surface area contributed by atoms with Crippen molar-refractivity contribution in [3.8, 4) is 0 Å². The third kappa shape index (κ3) is 18.0. The van der Waals surface area contributed by atoms with Crippen molar-refractivity contribution in [3.05, 3.63) is 0 Å². The predicted molar refractivity (Wildman–Crippen MR) is 85.9 cm³/mol. The van der Waals surface area contributed by atoms with Gasteiger partial charge in [-0.05, 0) is 10.1 Å². The molecule has 0 rings (SSSR count). The van der Waals surface area contributed by atoms with Gasteiger partial charge in [0.15, 0.2) is 0 Å². The third-order valence-corrected chi connectivity index (χ3v) is 9.00. The molecule has 0 fully saturated rings. The van der Waals surface area contributed by atoms with Crippen LogP contribution in [0.4, 0.5) is 0 Å². The Morgan fingerprint density at radius 2 is 0.625 bits per heavy atom. The van der Waals surface area contributed by atoms with E-state index in [2.05, 4.69) is 67.7 Å². The van der Waals surface area contributed by atoms with E-state index >= 15 is 0 Å². The maximum atomic E-state index is 2.35. The van der Waals surface area contributed by atoms with Gasteiger partial charge in [0.05, 0.1) is 0 Å². The monoisotopic (exact) mass is 311 g/mol. The molecule has 0 aromatic carbocycles. The minimum absolute atomic E-state index is 0. The molecule has 0 saturated heterocycles. The smallest absolute Gasteiger partial charge is 0.0470 e. The Labute approximate surface area is 131 Å². The first-order chi connectivity index (χ1) is 5.89. The van der Waals surface area contributed by atoms with Crippen LogP contribution in [-0.2, 0) is 0 Å². The summed E-state index contributed by atoms with van der Waals surface area (Å²) in [6.45, 7) is 23.2. The van der Waals surface area contributed by atoms with E-state index in [1.807, 2.05) is 0 Å². The van der Waals surface area contributed by atoms with Gasteiger partial charge in [-0.1, -0.05) is 67.7 Å². The molecule has 91 valence electrons. The van der Waals surface area contributed by atoms with Crippen molar-refractivity contribution < 1.29 is 0 Å². The van der Waals surface area contributed by atoms with Gasteiger partial charge in [-0.25, -0.2) is 0 Å². The van der Waals surface area contributed by atoms with E-state index in [4.69, 9.17) is 0 Å². The van der Waals surface area contributed by atoms with Crippen molar-refractivity contribution in [2.75, 3.05) is 0 Å². The van der Waals surface area contributed by atoms with E-state index in [1.165, 1.54) is 0 Å². The largest absolute Gasteiger partial charge is 0.0709 e. The van der Waals surface area contributed by atoms with Gasteiger partial charge >= 0.3 is 0 Å². The zero-order valence-corrected chi connectivity index (χ0v) is 17.6. The topological polar surface area (TPSA) is 0 Å². The molecule has 0 saturated carbocycles. The number of hydrogen-bond acceptors (Lipinski definition) is 0. The molecule has 4 heteroatoms. The predicted octanol–water partition coefficient (Wildman–Crippen LogP) is 4.32. The molecule has 0 bridgehead atoms. The molecule has 0 aliphatic rings. The molecular formula is C12H30GeLiSi2.